The van der Waals surface area contributed by atoms with Gasteiger partial charge in [-0.2, -0.15) is 0 Å². The van der Waals surface area contributed by atoms with E-state index in [2.05, 4.69) is 84.4 Å². The lowest BCUT2D eigenvalue weighted by molar-refractivity contribution is -0.673. The monoisotopic (exact) mass is 416 g/mol. The predicted molar refractivity (Wildman–Crippen MR) is 93.4 cm³/mol. The molecule has 2 nitrogen and oxygen atoms in total. The summed E-state index contributed by atoms with van der Waals surface area (Å²) in [6.45, 7) is 6.88. The number of allylic oxidation sites excluding steroid dienone is 1. The third-order valence-corrected chi connectivity index (χ3v) is 4.11. The van der Waals surface area contributed by atoms with Gasteiger partial charge in [-0.15, -0.1) is 6.58 Å². The molecule has 1 aromatic carbocycles. The molecule has 0 fully saturated rings. The molecule has 118 valence electrons. The first kappa shape index (κ1) is 17.5. The van der Waals surface area contributed by atoms with Crippen molar-refractivity contribution in [2.24, 2.45) is 7.05 Å². The average molecular weight is 416 g/mol. The van der Waals surface area contributed by atoms with Crippen LogP contribution in [-0.2, 0) is 13.6 Å². The Hall–Kier alpha value is -1.88. The van der Waals surface area contributed by atoms with Gasteiger partial charge in [-0.25, -0.2) is 4.57 Å². The Bertz CT molecular complexity index is 859. The molecule has 0 bridgehead atoms. The summed E-state index contributed by atoms with van der Waals surface area (Å²) in [7, 11) is 2.06. The van der Waals surface area contributed by atoms with Crippen molar-refractivity contribution in [1.29, 1.82) is 0 Å². The van der Waals surface area contributed by atoms with Crippen molar-refractivity contribution in [3.8, 4) is 0 Å². The van der Waals surface area contributed by atoms with Crippen LogP contribution in [0.25, 0.3) is 23.1 Å². The minimum absolute atomic E-state index is 0. The number of benzene rings is 1. The third-order valence-electron chi connectivity index (χ3n) is 4.11. The second-order valence-electron chi connectivity index (χ2n) is 5.49. The maximum Gasteiger partial charge on any atom is 0.204 e. The van der Waals surface area contributed by atoms with Crippen LogP contribution in [0.3, 0.4) is 0 Å². The zero-order valence-electron chi connectivity index (χ0n) is 13.5. The fourth-order valence-corrected chi connectivity index (χ4v) is 2.91. The van der Waals surface area contributed by atoms with Crippen molar-refractivity contribution in [3.05, 3.63) is 78.3 Å². The Morgan fingerprint density at radius 3 is 2.57 bits per heavy atom. The molecule has 2 aromatic heterocycles. The second kappa shape index (κ2) is 7.59. The number of pyridine rings is 1. The van der Waals surface area contributed by atoms with Crippen LogP contribution in [0.15, 0.2) is 61.3 Å². The highest BCUT2D eigenvalue weighted by atomic mass is 127. The van der Waals surface area contributed by atoms with Crippen molar-refractivity contribution in [3.63, 3.8) is 0 Å². The molecule has 0 saturated carbocycles. The van der Waals surface area contributed by atoms with E-state index >= 15 is 0 Å². The van der Waals surface area contributed by atoms with E-state index in [1.165, 1.54) is 27.9 Å². The van der Waals surface area contributed by atoms with Crippen LogP contribution in [0.4, 0.5) is 0 Å². The molecule has 3 rings (SSSR count). The third kappa shape index (κ3) is 3.39. The first-order valence-electron chi connectivity index (χ1n) is 7.54. The quantitative estimate of drug-likeness (QED) is 0.343. The summed E-state index contributed by atoms with van der Waals surface area (Å²) >= 11 is 0. The zero-order valence-corrected chi connectivity index (χ0v) is 15.7. The number of fused-ring (bicyclic) bond motifs is 1. The van der Waals surface area contributed by atoms with Crippen molar-refractivity contribution in [2.75, 3.05) is 0 Å². The van der Waals surface area contributed by atoms with E-state index in [0.717, 1.165) is 6.54 Å². The molecule has 0 aliphatic heterocycles. The van der Waals surface area contributed by atoms with E-state index in [1.54, 1.807) is 0 Å². The van der Waals surface area contributed by atoms with Crippen LogP contribution in [0, 0.1) is 6.92 Å². The van der Waals surface area contributed by atoms with Crippen LogP contribution in [-0.4, -0.2) is 4.57 Å². The van der Waals surface area contributed by atoms with Gasteiger partial charge in [-0.1, -0.05) is 24.3 Å². The fraction of sp³-hybridized carbons (Fsp3) is 0.150. The minimum Gasteiger partial charge on any atom is -1.00 e. The lowest BCUT2D eigenvalue weighted by atomic mass is 10.1. The van der Waals surface area contributed by atoms with Gasteiger partial charge in [0.15, 0.2) is 6.20 Å². The Balaban J connectivity index is 0.00000192. The lowest BCUT2D eigenvalue weighted by Crippen LogP contribution is -3.00. The molecule has 0 unspecified atom stereocenters. The van der Waals surface area contributed by atoms with Gasteiger partial charge < -0.3 is 28.5 Å². The van der Waals surface area contributed by atoms with E-state index in [1.807, 2.05) is 12.1 Å². The summed E-state index contributed by atoms with van der Waals surface area (Å²) in [5.74, 6) is 0. The number of hydrogen-bond donors (Lipinski definition) is 0. The molecule has 3 aromatic rings. The van der Waals surface area contributed by atoms with E-state index in [4.69, 9.17) is 0 Å². The van der Waals surface area contributed by atoms with Crippen LogP contribution in [0.1, 0.15) is 17.0 Å². The first-order valence-corrected chi connectivity index (χ1v) is 7.54. The molecule has 0 aliphatic carbocycles. The summed E-state index contributed by atoms with van der Waals surface area (Å²) < 4.78 is 4.43. The zero-order chi connectivity index (χ0) is 15.5. The molecule has 2 heterocycles. The Morgan fingerprint density at radius 1 is 1.09 bits per heavy atom. The van der Waals surface area contributed by atoms with Gasteiger partial charge in [0.1, 0.15) is 7.05 Å². The van der Waals surface area contributed by atoms with Gasteiger partial charge in [0.2, 0.25) is 5.69 Å². The first-order chi connectivity index (χ1) is 10.7. The highest BCUT2D eigenvalue weighted by molar-refractivity contribution is 5.93. The molecular formula is C20H21IN2. The molecule has 0 spiro atoms. The fourth-order valence-electron chi connectivity index (χ4n) is 2.91. The maximum absolute atomic E-state index is 3.88. The van der Waals surface area contributed by atoms with Gasteiger partial charge in [-0.3, -0.25) is 0 Å². The highest BCUT2D eigenvalue weighted by Gasteiger charge is 2.11. The molecule has 23 heavy (non-hydrogen) atoms. The van der Waals surface area contributed by atoms with E-state index < -0.39 is 0 Å². The number of aryl methyl sites for hydroxylation is 1. The summed E-state index contributed by atoms with van der Waals surface area (Å²) in [5.41, 5.74) is 5.00. The number of nitrogens with zero attached hydrogens (tertiary/aromatic N) is 2. The Kier molecular flexibility index (Phi) is 5.77. The lowest BCUT2D eigenvalue weighted by Gasteiger charge is -2.03. The summed E-state index contributed by atoms with van der Waals surface area (Å²) in [5, 5.41) is 1.29. The standard InChI is InChI=1S/C20H21N2.HI/c1-4-14-22-16(2)18(19-10-5-6-11-20(19)22)13-12-17-9-7-8-15-21(17)3;/h4-13,15H,1,14H2,2-3H3;1H/q+1;/p-1. The summed E-state index contributed by atoms with van der Waals surface area (Å²) in [4.78, 5) is 0. The minimum atomic E-state index is 0. The van der Waals surface area contributed by atoms with E-state index in [9.17, 15) is 0 Å². The molecule has 0 N–H and O–H groups in total. The topological polar surface area (TPSA) is 8.81 Å². The molecule has 0 amide bonds. The molecule has 3 heteroatoms. The van der Waals surface area contributed by atoms with Crippen molar-refractivity contribution < 1.29 is 28.5 Å². The maximum atomic E-state index is 3.88. The summed E-state index contributed by atoms with van der Waals surface area (Å²) in [6, 6.07) is 14.8. The van der Waals surface area contributed by atoms with Gasteiger partial charge in [0, 0.05) is 46.9 Å². The van der Waals surface area contributed by atoms with Crippen LogP contribution < -0.4 is 28.5 Å². The molecule has 0 radical (unpaired) electrons. The largest absolute Gasteiger partial charge is 1.00 e. The smallest absolute Gasteiger partial charge is 0.204 e. The highest BCUT2D eigenvalue weighted by Crippen LogP contribution is 2.27. The molecule has 0 aliphatic rings. The average Bonchev–Trinajstić information content (AvgIpc) is 2.80. The molecule has 0 saturated heterocycles. The van der Waals surface area contributed by atoms with Crippen LogP contribution in [0.2, 0.25) is 0 Å². The van der Waals surface area contributed by atoms with E-state index in [0.29, 0.717) is 0 Å². The van der Waals surface area contributed by atoms with Crippen LogP contribution in [0.5, 0.6) is 0 Å². The number of hydrogen-bond acceptors (Lipinski definition) is 0. The van der Waals surface area contributed by atoms with E-state index in [-0.39, 0.29) is 24.0 Å². The summed E-state index contributed by atoms with van der Waals surface area (Å²) in [6.07, 6.45) is 8.40. The van der Waals surface area contributed by atoms with Crippen molar-refractivity contribution in [1.82, 2.24) is 4.57 Å². The van der Waals surface area contributed by atoms with Gasteiger partial charge in [0.25, 0.3) is 0 Å². The van der Waals surface area contributed by atoms with Gasteiger partial charge >= 0.3 is 0 Å². The second-order valence-corrected chi connectivity index (χ2v) is 5.49. The number of rotatable bonds is 4. The SMILES string of the molecule is C=CCn1c(C)c(/C=C/c2cccc[n+]2C)c2ccccc21.[I-]. The molecule has 0 atom stereocenters. The number of para-hydroxylation sites is 1. The van der Waals surface area contributed by atoms with Crippen molar-refractivity contribution in [2.45, 2.75) is 13.5 Å². The van der Waals surface area contributed by atoms with Gasteiger partial charge in [0.05, 0.1) is 0 Å². The van der Waals surface area contributed by atoms with Crippen LogP contribution >= 0.6 is 0 Å². The number of halogens is 1. The van der Waals surface area contributed by atoms with Crippen molar-refractivity contribution >= 4 is 23.1 Å². The number of aromatic nitrogens is 2. The predicted octanol–water partition coefficient (Wildman–Crippen LogP) is 1.13. The Morgan fingerprint density at radius 2 is 1.83 bits per heavy atom. The molecular weight excluding hydrogens is 395 g/mol. The Labute approximate surface area is 154 Å². The normalized spacial score (nSPS) is 10.9. The van der Waals surface area contributed by atoms with Gasteiger partial charge in [-0.05, 0) is 25.1 Å².